The number of halogens is 1. The van der Waals surface area contributed by atoms with Gasteiger partial charge in [-0.15, -0.1) is 0 Å². The summed E-state index contributed by atoms with van der Waals surface area (Å²) in [6.45, 7) is 0. The predicted molar refractivity (Wildman–Crippen MR) is 104 cm³/mol. The summed E-state index contributed by atoms with van der Waals surface area (Å²) in [5.41, 5.74) is 1.59. The minimum absolute atomic E-state index is 0.168. The average molecular weight is 423 g/mol. The molecule has 0 N–H and O–H groups in total. The monoisotopic (exact) mass is 422 g/mol. The second kappa shape index (κ2) is 7.34. The lowest BCUT2D eigenvalue weighted by Crippen LogP contribution is -2.05. The van der Waals surface area contributed by atoms with Gasteiger partial charge >= 0.3 is 10.1 Å². The van der Waals surface area contributed by atoms with Crippen LogP contribution in [0.5, 0.6) is 5.75 Å². The minimum Gasteiger partial charge on any atom is -0.383 e. The molecule has 0 aliphatic heterocycles. The van der Waals surface area contributed by atoms with Crippen molar-refractivity contribution in [3.8, 4) is 16.9 Å². The van der Waals surface area contributed by atoms with Crippen molar-refractivity contribution in [3.63, 3.8) is 0 Å². The highest BCUT2D eigenvalue weighted by Gasteiger charge is 2.17. The van der Waals surface area contributed by atoms with Crippen molar-refractivity contribution in [2.45, 2.75) is 9.79 Å². The summed E-state index contributed by atoms with van der Waals surface area (Å²) in [6, 6.07) is 18.9. The van der Waals surface area contributed by atoms with Gasteiger partial charge in [0.2, 0.25) is 9.84 Å². The van der Waals surface area contributed by atoms with Gasteiger partial charge in [-0.2, -0.15) is 8.42 Å². The molecule has 3 rings (SSSR count). The van der Waals surface area contributed by atoms with E-state index in [4.69, 9.17) is 15.8 Å². The quantitative estimate of drug-likeness (QED) is 0.576. The lowest BCUT2D eigenvalue weighted by molar-refractivity contribution is 0.493. The van der Waals surface area contributed by atoms with Crippen LogP contribution in [0, 0.1) is 0 Å². The second-order valence-electron chi connectivity index (χ2n) is 5.79. The highest BCUT2D eigenvalue weighted by molar-refractivity contribution is 7.91. The molecule has 0 aliphatic carbocycles. The summed E-state index contributed by atoms with van der Waals surface area (Å²) in [5, 5.41) is 0.465. The van der Waals surface area contributed by atoms with Crippen LogP contribution in [0.3, 0.4) is 0 Å². The first-order chi connectivity index (χ1) is 12.6. The molecule has 3 aromatic rings. The Kier molecular flexibility index (Phi) is 5.28. The zero-order valence-electron chi connectivity index (χ0n) is 14.2. The fourth-order valence-corrected chi connectivity index (χ4v) is 4.30. The SMILES string of the molecule is CS(=O)(=O)Oc1ccc(-c2ccc(S(=O)(=O)c3ccc(Cl)cc3)cc2)cc1. The Morgan fingerprint density at radius 3 is 1.52 bits per heavy atom. The molecule has 8 heteroatoms. The van der Waals surface area contributed by atoms with E-state index >= 15 is 0 Å². The largest absolute Gasteiger partial charge is 0.383 e. The Morgan fingerprint density at radius 1 is 0.667 bits per heavy atom. The predicted octanol–water partition coefficient (Wildman–Crippen LogP) is 4.18. The summed E-state index contributed by atoms with van der Waals surface area (Å²) in [5.74, 6) is 0.211. The smallest absolute Gasteiger partial charge is 0.306 e. The van der Waals surface area contributed by atoms with Crippen LogP contribution in [0.25, 0.3) is 11.1 Å². The van der Waals surface area contributed by atoms with Gasteiger partial charge in [0.1, 0.15) is 5.75 Å². The van der Waals surface area contributed by atoms with Crippen molar-refractivity contribution in [2.24, 2.45) is 0 Å². The molecular formula is C19H15ClO5S2. The van der Waals surface area contributed by atoms with Gasteiger partial charge in [-0.1, -0.05) is 35.9 Å². The van der Waals surface area contributed by atoms with Gasteiger partial charge in [-0.25, -0.2) is 8.42 Å². The van der Waals surface area contributed by atoms with Gasteiger partial charge in [0.15, 0.2) is 0 Å². The first-order valence-corrected chi connectivity index (χ1v) is 11.4. The first-order valence-electron chi connectivity index (χ1n) is 7.76. The third-order valence-electron chi connectivity index (χ3n) is 3.72. The molecule has 0 atom stereocenters. The molecule has 0 unspecified atom stereocenters. The molecule has 0 saturated heterocycles. The third-order valence-corrected chi connectivity index (χ3v) is 6.26. The molecule has 0 bridgehead atoms. The van der Waals surface area contributed by atoms with Crippen LogP contribution in [0.4, 0.5) is 0 Å². The van der Waals surface area contributed by atoms with Crippen LogP contribution < -0.4 is 4.18 Å². The summed E-state index contributed by atoms with van der Waals surface area (Å²) < 4.78 is 52.4. The van der Waals surface area contributed by atoms with E-state index < -0.39 is 20.0 Å². The van der Waals surface area contributed by atoms with Crippen molar-refractivity contribution >= 4 is 31.6 Å². The Bertz CT molecular complexity index is 1150. The number of hydrogen-bond donors (Lipinski definition) is 0. The van der Waals surface area contributed by atoms with Gasteiger partial charge in [-0.3, -0.25) is 0 Å². The third kappa shape index (κ3) is 4.68. The molecule has 0 aliphatic rings. The van der Waals surface area contributed by atoms with Crippen LogP contribution in [0.1, 0.15) is 0 Å². The van der Waals surface area contributed by atoms with Gasteiger partial charge in [0.05, 0.1) is 16.0 Å². The van der Waals surface area contributed by atoms with Gasteiger partial charge in [0.25, 0.3) is 0 Å². The normalized spacial score (nSPS) is 11.9. The molecule has 0 amide bonds. The molecule has 5 nitrogen and oxygen atoms in total. The number of benzene rings is 3. The van der Waals surface area contributed by atoms with Gasteiger partial charge < -0.3 is 4.18 Å². The molecular weight excluding hydrogens is 408 g/mol. The van der Waals surface area contributed by atoms with E-state index in [-0.39, 0.29) is 15.5 Å². The van der Waals surface area contributed by atoms with Crippen LogP contribution >= 0.6 is 11.6 Å². The molecule has 0 aromatic heterocycles. The average Bonchev–Trinajstić information content (AvgIpc) is 2.61. The fraction of sp³-hybridized carbons (Fsp3) is 0.0526. The molecule has 3 aromatic carbocycles. The Morgan fingerprint density at radius 2 is 1.07 bits per heavy atom. The number of hydrogen-bond acceptors (Lipinski definition) is 5. The Hall–Kier alpha value is -2.35. The zero-order chi connectivity index (χ0) is 19.7. The van der Waals surface area contributed by atoms with E-state index in [1.807, 2.05) is 0 Å². The summed E-state index contributed by atoms with van der Waals surface area (Å²) in [7, 11) is -7.21. The highest BCUT2D eigenvalue weighted by atomic mass is 35.5. The summed E-state index contributed by atoms with van der Waals surface area (Å²) in [4.78, 5) is 0.340. The molecule has 0 heterocycles. The molecule has 0 fully saturated rings. The van der Waals surface area contributed by atoms with Crippen LogP contribution in [-0.2, 0) is 20.0 Å². The zero-order valence-corrected chi connectivity index (χ0v) is 16.6. The number of sulfone groups is 1. The maximum Gasteiger partial charge on any atom is 0.306 e. The van der Waals surface area contributed by atoms with E-state index in [0.717, 1.165) is 17.4 Å². The Labute approximate surface area is 163 Å². The Balaban J connectivity index is 1.86. The van der Waals surface area contributed by atoms with Gasteiger partial charge in [0, 0.05) is 5.02 Å². The highest BCUT2D eigenvalue weighted by Crippen LogP contribution is 2.27. The second-order valence-corrected chi connectivity index (χ2v) is 9.75. The topological polar surface area (TPSA) is 77.5 Å². The van der Waals surface area contributed by atoms with Crippen molar-refractivity contribution < 1.29 is 21.0 Å². The van der Waals surface area contributed by atoms with E-state index in [9.17, 15) is 16.8 Å². The first kappa shape index (κ1) is 19.4. The molecule has 0 radical (unpaired) electrons. The van der Waals surface area contributed by atoms with Crippen LogP contribution in [0.2, 0.25) is 5.02 Å². The fourth-order valence-electron chi connectivity index (χ4n) is 2.45. The van der Waals surface area contributed by atoms with E-state index in [2.05, 4.69) is 0 Å². The standard InChI is InChI=1S/C19H15ClO5S2/c1-26(21,22)25-17-8-2-14(3-9-17)15-4-10-18(11-5-15)27(23,24)19-12-6-16(20)7-13-19/h2-13H,1H3. The molecule has 0 spiro atoms. The summed E-state index contributed by atoms with van der Waals surface area (Å²) >= 11 is 5.81. The summed E-state index contributed by atoms with van der Waals surface area (Å²) in [6.07, 6.45) is 0.973. The van der Waals surface area contributed by atoms with Crippen molar-refractivity contribution in [2.75, 3.05) is 6.26 Å². The molecule has 140 valence electrons. The van der Waals surface area contributed by atoms with E-state index in [1.54, 1.807) is 24.3 Å². The minimum atomic E-state index is -3.63. The van der Waals surface area contributed by atoms with Crippen LogP contribution in [0.15, 0.2) is 82.6 Å². The number of rotatable bonds is 5. The maximum absolute atomic E-state index is 12.7. The van der Waals surface area contributed by atoms with Crippen molar-refractivity contribution in [1.29, 1.82) is 0 Å². The van der Waals surface area contributed by atoms with E-state index in [0.29, 0.717) is 5.02 Å². The molecule has 0 saturated carbocycles. The molecule has 27 heavy (non-hydrogen) atoms. The van der Waals surface area contributed by atoms with Crippen molar-refractivity contribution in [1.82, 2.24) is 0 Å². The lowest BCUT2D eigenvalue weighted by Gasteiger charge is -2.08. The van der Waals surface area contributed by atoms with Crippen molar-refractivity contribution in [3.05, 3.63) is 77.8 Å². The lowest BCUT2D eigenvalue weighted by atomic mass is 10.1. The van der Waals surface area contributed by atoms with Gasteiger partial charge in [-0.05, 0) is 59.7 Å². The van der Waals surface area contributed by atoms with Crippen LogP contribution in [-0.4, -0.2) is 23.1 Å². The van der Waals surface area contributed by atoms with E-state index in [1.165, 1.54) is 48.5 Å². The maximum atomic E-state index is 12.7.